The molecule has 0 saturated carbocycles. The maximum absolute atomic E-state index is 10.4. The van der Waals surface area contributed by atoms with Crippen molar-refractivity contribution in [3.8, 4) is 5.75 Å². The SMILES string of the molecule is Cc1ccccc1OC[C@@H](O)CN(Cc1ccccc1)CC(C)C. The first-order chi connectivity index (χ1) is 11.5. The minimum Gasteiger partial charge on any atom is -0.491 e. The van der Waals surface area contributed by atoms with E-state index in [-0.39, 0.29) is 0 Å². The van der Waals surface area contributed by atoms with Crippen LogP contribution in [0.3, 0.4) is 0 Å². The van der Waals surface area contributed by atoms with Gasteiger partial charge in [-0.05, 0) is 30.0 Å². The number of rotatable bonds is 9. The summed E-state index contributed by atoms with van der Waals surface area (Å²) in [5.41, 5.74) is 2.36. The number of benzene rings is 2. The Morgan fingerprint density at radius 2 is 1.62 bits per heavy atom. The molecule has 0 spiro atoms. The van der Waals surface area contributed by atoms with Gasteiger partial charge in [0.25, 0.3) is 0 Å². The topological polar surface area (TPSA) is 32.7 Å². The third-order valence-electron chi connectivity index (χ3n) is 3.87. The second-order valence-corrected chi connectivity index (χ2v) is 6.80. The lowest BCUT2D eigenvalue weighted by atomic mass is 10.1. The highest BCUT2D eigenvalue weighted by molar-refractivity contribution is 5.31. The van der Waals surface area contributed by atoms with Crippen LogP contribution in [0.5, 0.6) is 5.75 Å². The van der Waals surface area contributed by atoms with E-state index in [1.54, 1.807) is 0 Å². The Bertz CT molecular complexity index is 598. The molecule has 3 nitrogen and oxygen atoms in total. The maximum Gasteiger partial charge on any atom is 0.122 e. The molecule has 0 saturated heterocycles. The number of ether oxygens (including phenoxy) is 1. The number of aryl methyl sites for hydroxylation is 1. The first-order valence-corrected chi connectivity index (χ1v) is 8.67. The van der Waals surface area contributed by atoms with Gasteiger partial charge in [0.2, 0.25) is 0 Å². The van der Waals surface area contributed by atoms with Crippen LogP contribution in [-0.4, -0.2) is 35.8 Å². The summed E-state index contributed by atoms with van der Waals surface area (Å²) in [6, 6.07) is 18.3. The molecule has 0 aliphatic rings. The molecule has 0 fully saturated rings. The molecule has 2 rings (SSSR count). The van der Waals surface area contributed by atoms with Crippen LogP contribution < -0.4 is 4.74 Å². The summed E-state index contributed by atoms with van der Waals surface area (Å²) in [5, 5.41) is 10.4. The van der Waals surface area contributed by atoms with Gasteiger partial charge in [-0.25, -0.2) is 0 Å². The lowest BCUT2D eigenvalue weighted by Gasteiger charge is -2.27. The van der Waals surface area contributed by atoms with Gasteiger partial charge in [-0.2, -0.15) is 0 Å². The lowest BCUT2D eigenvalue weighted by Crippen LogP contribution is -2.37. The van der Waals surface area contributed by atoms with Crippen molar-refractivity contribution in [2.75, 3.05) is 19.7 Å². The minimum atomic E-state index is -0.507. The molecule has 0 amide bonds. The van der Waals surface area contributed by atoms with Gasteiger partial charge in [0.15, 0.2) is 0 Å². The third kappa shape index (κ3) is 6.34. The van der Waals surface area contributed by atoms with E-state index in [2.05, 4.69) is 43.0 Å². The van der Waals surface area contributed by atoms with Crippen molar-refractivity contribution in [2.45, 2.75) is 33.4 Å². The lowest BCUT2D eigenvalue weighted by molar-refractivity contribution is 0.0613. The zero-order valence-electron chi connectivity index (χ0n) is 15.0. The summed E-state index contributed by atoms with van der Waals surface area (Å²) >= 11 is 0. The van der Waals surface area contributed by atoms with Crippen molar-refractivity contribution in [3.63, 3.8) is 0 Å². The Morgan fingerprint density at radius 1 is 0.958 bits per heavy atom. The van der Waals surface area contributed by atoms with E-state index >= 15 is 0 Å². The Hall–Kier alpha value is -1.84. The second kappa shape index (κ2) is 9.45. The predicted molar refractivity (Wildman–Crippen MR) is 99.2 cm³/mol. The molecular formula is C21H29NO2. The first kappa shape index (κ1) is 18.5. The molecule has 2 aromatic carbocycles. The Balaban J connectivity index is 1.89. The zero-order valence-corrected chi connectivity index (χ0v) is 15.0. The smallest absolute Gasteiger partial charge is 0.122 e. The molecule has 1 N–H and O–H groups in total. The largest absolute Gasteiger partial charge is 0.491 e. The number of para-hydroxylation sites is 1. The van der Waals surface area contributed by atoms with E-state index in [1.165, 1.54) is 5.56 Å². The molecular weight excluding hydrogens is 298 g/mol. The van der Waals surface area contributed by atoms with Crippen LogP contribution >= 0.6 is 0 Å². The standard InChI is InChI=1S/C21H29NO2/c1-17(2)13-22(14-19-10-5-4-6-11-19)15-20(23)16-24-21-12-8-7-9-18(21)3/h4-12,17,20,23H,13-16H2,1-3H3/t20-/m0/s1. The van der Waals surface area contributed by atoms with E-state index in [4.69, 9.17) is 4.74 Å². The van der Waals surface area contributed by atoms with Crippen molar-refractivity contribution < 1.29 is 9.84 Å². The van der Waals surface area contributed by atoms with Crippen molar-refractivity contribution >= 4 is 0 Å². The maximum atomic E-state index is 10.4. The summed E-state index contributed by atoms with van der Waals surface area (Å²) in [6.45, 7) is 9.15. The fraction of sp³-hybridized carbons (Fsp3) is 0.429. The molecule has 0 aliphatic carbocycles. The summed E-state index contributed by atoms with van der Waals surface area (Å²) in [6.07, 6.45) is -0.507. The monoisotopic (exact) mass is 327 g/mol. The van der Waals surface area contributed by atoms with E-state index in [0.717, 1.165) is 24.4 Å². The van der Waals surface area contributed by atoms with Crippen molar-refractivity contribution in [1.29, 1.82) is 0 Å². The fourth-order valence-electron chi connectivity index (χ4n) is 2.82. The Morgan fingerprint density at radius 3 is 2.29 bits per heavy atom. The van der Waals surface area contributed by atoms with Gasteiger partial charge < -0.3 is 9.84 Å². The second-order valence-electron chi connectivity index (χ2n) is 6.80. The molecule has 0 unspecified atom stereocenters. The van der Waals surface area contributed by atoms with Crippen LogP contribution in [0, 0.1) is 12.8 Å². The molecule has 1 atom stereocenters. The Labute approximate surface area is 145 Å². The quantitative estimate of drug-likeness (QED) is 0.758. The number of nitrogens with zero attached hydrogens (tertiary/aromatic N) is 1. The number of hydrogen-bond donors (Lipinski definition) is 1. The van der Waals surface area contributed by atoms with Crippen LogP contribution in [-0.2, 0) is 6.54 Å². The van der Waals surface area contributed by atoms with Gasteiger partial charge >= 0.3 is 0 Å². The van der Waals surface area contributed by atoms with Crippen LogP contribution in [0.1, 0.15) is 25.0 Å². The van der Waals surface area contributed by atoms with Gasteiger partial charge in [-0.3, -0.25) is 4.90 Å². The van der Waals surface area contributed by atoms with E-state index < -0.39 is 6.10 Å². The minimum absolute atomic E-state index is 0.314. The average Bonchev–Trinajstić information content (AvgIpc) is 2.54. The van der Waals surface area contributed by atoms with Gasteiger partial charge in [0.05, 0.1) is 0 Å². The van der Waals surface area contributed by atoms with Crippen molar-refractivity contribution in [2.24, 2.45) is 5.92 Å². The molecule has 24 heavy (non-hydrogen) atoms. The van der Waals surface area contributed by atoms with Crippen LogP contribution in [0.2, 0.25) is 0 Å². The molecule has 130 valence electrons. The normalized spacial score (nSPS) is 12.6. The number of aliphatic hydroxyl groups excluding tert-OH is 1. The predicted octanol–water partition coefficient (Wildman–Crippen LogP) is 3.89. The summed E-state index contributed by atoms with van der Waals surface area (Å²) in [7, 11) is 0. The molecule has 0 radical (unpaired) electrons. The van der Waals surface area contributed by atoms with Crippen molar-refractivity contribution in [3.05, 3.63) is 65.7 Å². The molecule has 0 aromatic heterocycles. The molecule has 0 heterocycles. The molecule has 0 aliphatic heterocycles. The summed E-state index contributed by atoms with van der Waals surface area (Å²) in [5.74, 6) is 1.40. The van der Waals surface area contributed by atoms with E-state index in [9.17, 15) is 5.11 Å². The van der Waals surface area contributed by atoms with E-state index in [1.807, 2.05) is 37.3 Å². The van der Waals surface area contributed by atoms with Crippen molar-refractivity contribution in [1.82, 2.24) is 4.90 Å². The Kier molecular flexibility index (Phi) is 7.29. The average molecular weight is 327 g/mol. The number of aliphatic hydroxyl groups is 1. The van der Waals surface area contributed by atoms with Crippen LogP contribution in [0.25, 0.3) is 0 Å². The van der Waals surface area contributed by atoms with E-state index in [0.29, 0.717) is 19.1 Å². The molecule has 0 bridgehead atoms. The molecule has 3 heteroatoms. The number of hydrogen-bond acceptors (Lipinski definition) is 3. The van der Waals surface area contributed by atoms with Gasteiger partial charge in [0.1, 0.15) is 18.5 Å². The highest BCUT2D eigenvalue weighted by Gasteiger charge is 2.14. The highest BCUT2D eigenvalue weighted by atomic mass is 16.5. The molecule has 2 aromatic rings. The van der Waals surface area contributed by atoms with Crippen LogP contribution in [0.15, 0.2) is 54.6 Å². The first-order valence-electron chi connectivity index (χ1n) is 8.67. The van der Waals surface area contributed by atoms with Crippen LogP contribution in [0.4, 0.5) is 0 Å². The van der Waals surface area contributed by atoms with Gasteiger partial charge in [-0.15, -0.1) is 0 Å². The summed E-state index contributed by atoms with van der Waals surface area (Å²) in [4.78, 5) is 2.30. The third-order valence-corrected chi connectivity index (χ3v) is 3.87. The van der Waals surface area contributed by atoms with Gasteiger partial charge in [0, 0.05) is 19.6 Å². The zero-order chi connectivity index (χ0) is 17.4. The van der Waals surface area contributed by atoms with Gasteiger partial charge in [-0.1, -0.05) is 62.4 Å². The fourth-order valence-corrected chi connectivity index (χ4v) is 2.82. The highest BCUT2D eigenvalue weighted by Crippen LogP contribution is 2.16. The summed E-state index contributed by atoms with van der Waals surface area (Å²) < 4.78 is 5.78.